The molecule has 0 spiro atoms. The molecular weight excluding hydrogens is 406 g/mol. The first kappa shape index (κ1) is 24.2. The first-order chi connectivity index (χ1) is 15.6. The molecule has 0 N–H and O–H groups in total. The predicted molar refractivity (Wildman–Crippen MR) is 128 cm³/mol. The quantitative estimate of drug-likeness (QED) is 0.416. The summed E-state index contributed by atoms with van der Waals surface area (Å²) < 4.78 is 31.2. The van der Waals surface area contributed by atoms with Crippen molar-refractivity contribution in [2.45, 2.75) is 12.8 Å². The number of likely N-dealkylation sites (tertiary alicyclic amines) is 1. The number of aromatic nitrogens is 1. The minimum absolute atomic E-state index is 0.184. The molecule has 0 bridgehead atoms. The molecule has 0 radical (unpaired) electrons. The summed E-state index contributed by atoms with van der Waals surface area (Å²) in [5.74, 6) is 2.94. The second-order valence-electron chi connectivity index (χ2n) is 8.13. The summed E-state index contributed by atoms with van der Waals surface area (Å²) >= 11 is 0. The number of piperidine rings is 1. The van der Waals surface area contributed by atoms with E-state index in [1.165, 1.54) is 18.9 Å². The smallest absolute Gasteiger partial charge is 0.165 e. The molecule has 1 aromatic heterocycles. The zero-order chi connectivity index (χ0) is 22.8. The molecule has 0 amide bonds. The first-order valence-electron chi connectivity index (χ1n) is 11.1. The molecule has 0 saturated carbocycles. The van der Waals surface area contributed by atoms with Crippen LogP contribution in [-0.4, -0.2) is 64.8 Å². The highest BCUT2D eigenvalue weighted by Gasteiger charge is 2.17. The molecule has 1 saturated heterocycles. The summed E-state index contributed by atoms with van der Waals surface area (Å²) in [6, 6.07) is 9.86. The highest BCUT2D eigenvalue weighted by atomic mass is 19.1. The van der Waals surface area contributed by atoms with Crippen LogP contribution in [-0.2, 0) is 9.47 Å². The third-order valence-electron chi connectivity index (χ3n) is 5.65. The zero-order valence-electron chi connectivity index (χ0n) is 19.2. The van der Waals surface area contributed by atoms with Crippen molar-refractivity contribution >= 4 is 13.9 Å². The lowest BCUT2D eigenvalue weighted by Gasteiger charge is -2.28. The Morgan fingerprint density at radius 2 is 1.97 bits per heavy atom. The van der Waals surface area contributed by atoms with Crippen LogP contribution in [0.4, 0.5) is 4.39 Å². The predicted octanol–water partition coefficient (Wildman–Crippen LogP) is 3.92. The Morgan fingerprint density at radius 1 is 1.19 bits per heavy atom. The first-order valence-corrected chi connectivity index (χ1v) is 11.1. The van der Waals surface area contributed by atoms with Gasteiger partial charge in [0.05, 0.1) is 18.9 Å². The molecule has 1 aliphatic heterocycles. The fourth-order valence-electron chi connectivity index (χ4n) is 3.71. The molecule has 1 fully saturated rings. The van der Waals surface area contributed by atoms with Gasteiger partial charge in [-0.05, 0) is 74.3 Å². The van der Waals surface area contributed by atoms with Crippen LogP contribution in [0.2, 0.25) is 0 Å². The molecule has 1 aromatic carbocycles. The maximum Gasteiger partial charge on any atom is 0.165 e. The van der Waals surface area contributed by atoms with Gasteiger partial charge in [0.25, 0.3) is 0 Å². The Labute approximate surface area is 191 Å². The van der Waals surface area contributed by atoms with Crippen LogP contribution in [0.15, 0.2) is 59.7 Å². The van der Waals surface area contributed by atoms with Crippen LogP contribution >= 0.6 is 0 Å². The van der Waals surface area contributed by atoms with Gasteiger partial charge in [-0.2, -0.15) is 0 Å². The average Bonchev–Trinajstić information content (AvgIpc) is 2.80. The van der Waals surface area contributed by atoms with Crippen molar-refractivity contribution in [2.24, 2.45) is 5.92 Å². The average molecular weight is 438 g/mol. The number of para-hydroxylation sites is 1. The summed E-state index contributed by atoms with van der Waals surface area (Å²) in [4.78, 5) is 6.81. The van der Waals surface area contributed by atoms with Crippen LogP contribution < -0.4 is 4.74 Å². The number of methoxy groups -OCH3 is 1. The molecule has 2 aromatic rings. The van der Waals surface area contributed by atoms with Gasteiger partial charge in [0.15, 0.2) is 11.6 Å². The minimum atomic E-state index is -0.402. The van der Waals surface area contributed by atoms with E-state index < -0.39 is 5.82 Å². The Morgan fingerprint density at radius 3 is 2.69 bits per heavy atom. The van der Waals surface area contributed by atoms with Crippen molar-refractivity contribution in [3.05, 3.63) is 71.2 Å². The Hall–Kier alpha value is -2.48. The van der Waals surface area contributed by atoms with E-state index in [2.05, 4.69) is 16.9 Å². The summed E-state index contributed by atoms with van der Waals surface area (Å²) in [6.45, 7) is 3.97. The van der Waals surface area contributed by atoms with Crippen molar-refractivity contribution in [3.8, 4) is 11.5 Å². The molecule has 1 aliphatic rings. The van der Waals surface area contributed by atoms with Gasteiger partial charge < -0.3 is 19.1 Å². The highest BCUT2D eigenvalue weighted by molar-refractivity contribution is 6.17. The lowest BCUT2D eigenvalue weighted by molar-refractivity contribution is 0.0855. The number of benzene rings is 1. The standard InChI is InChI=1S/C25H32BFN2O3/c1-29-11-8-19(9-12-29)16-31-18-20(21(15-26)17-30-2)13-22-14-23(7-10-28-22)32-25-6-4-3-5-24(25)27/h3-7,10,13-15,19H,8-9,11-12,16-18,26H2,1-2H3/b20-13-,21-15-. The Kier molecular flexibility index (Phi) is 9.47. The summed E-state index contributed by atoms with van der Waals surface area (Å²) in [5, 5.41) is 0. The molecule has 32 heavy (non-hydrogen) atoms. The molecule has 5 nitrogen and oxygen atoms in total. The monoisotopic (exact) mass is 438 g/mol. The fourth-order valence-corrected chi connectivity index (χ4v) is 3.71. The third-order valence-corrected chi connectivity index (χ3v) is 5.65. The van der Waals surface area contributed by atoms with E-state index in [-0.39, 0.29) is 5.75 Å². The molecule has 0 unspecified atom stereocenters. The van der Waals surface area contributed by atoms with Gasteiger partial charge in [-0.15, -0.1) is 5.98 Å². The molecule has 0 atom stereocenters. The van der Waals surface area contributed by atoms with Gasteiger partial charge in [0.2, 0.25) is 0 Å². The van der Waals surface area contributed by atoms with Crippen LogP contribution in [0.3, 0.4) is 0 Å². The molecule has 7 heteroatoms. The molecule has 170 valence electrons. The van der Waals surface area contributed by atoms with Gasteiger partial charge in [-0.3, -0.25) is 4.98 Å². The Balaban J connectivity index is 1.72. The van der Waals surface area contributed by atoms with E-state index in [9.17, 15) is 4.39 Å². The topological polar surface area (TPSA) is 43.8 Å². The summed E-state index contributed by atoms with van der Waals surface area (Å²) in [7, 11) is 5.84. The molecular formula is C25H32BFN2O3. The van der Waals surface area contributed by atoms with E-state index in [1.54, 1.807) is 43.6 Å². The number of pyridine rings is 1. The second-order valence-corrected chi connectivity index (χ2v) is 8.13. The SMILES string of the molecule is B/C=C(COC)\C(=C/c1cc(Oc2ccccc2F)ccn1)COCC1CCN(C)CC1. The maximum absolute atomic E-state index is 13.9. The summed E-state index contributed by atoms with van der Waals surface area (Å²) in [5.41, 5.74) is 2.78. The molecule has 3 rings (SSSR count). The fraction of sp³-hybridized carbons (Fsp3) is 0.400. The van der Waals surface area contributed by atoms with Crippen molar-refractivity contribution in [1.29, 1.82) is 0 Å². The lowest BCUT2D eigenvalue weighted by Crippen LogP contribution is -2.32. The minimum Gasteiger partial charge on any atom is -0.454 e. The van der Waals surface area contributed by atoms with Gasteiger partial charge >= 0.3 is 0 Å². The number of halogens is 1. The second kappa shape index (κ2) is 12.5. The molecule has 0 aliphatic carbocycles. The Bertz CT molecular complexity index is 927. The van der Waals surface area contributed by atoms with E-state index in [0.29, 0.717) is 30.6 Å². The van der Waals surface area contributed by atoms with Crippen LogP contribution in [0, 0.1) is 11.7 Å². The van der Waals surface area contributed by atoms with Crippen LogP contribution in [0.5, 0.6) is 11.5 Å². The number of rotatable bonds is 10. The third kappa shape index (κ3) is 7.29. The van der Waals surface area contributed by atoms with Gasteiger partial charge in [0, 0.05) is 26.0 Å². The van der Waals surface area contributed by atoms with E-state index >= 15 is 0 Å². The number of hydrogen-bond donors (Lipinski definition) is 0. The largest absolute Gasteiger partial charge is 0.454 e. The van der Waals surface area contributed by atoms with E-state index in [4.69, 9.17) is 14.2 Å². The van der Waals surface area contributed by atoms with Gasteiger partial charge in [-0.25, -0.2) is 4.39 Å². The number of ether oxygens (including phenoxy) is 3. The van der Waals surface area contributed by atoms with Crippen molar-refractivity contribution < 1.29 is 18.6 Å². The van der Waals surface area contributed by atoms with Crippen molar-refractivity contribution in [3.63, 3.8) is 0 Å². The van der Waals surface area contributed by atoms with Crippen molar-refractivity contribution in [2.75, 3.05) is 47.1 Å². The van der Waals surface area contributed by atoms with Crippen molar-refractivity contribution in [1.82, 2.24) is 9.88 Å². The maximum atomic E-state index is 13.9. The van der Waals surface area contributed by atoms with E-state index in [0.717, 1.165) is 30.8 Å². The number of hydrogen-bond acceptors (Lipinski definition) is 5. The van der Waals surface area contributed by atoms with Gasteiger partial charge in [0.1, 0.15) is 13.6 Å². The lowest BCUT2D eigenvalue weighted by atomic mass is 9.97. The van der Waals surface area contributed by atoms with E-state index in [1.807, 2.05) is 19.9 Å². The molecule has 2 heterocycles. The number of nitrogens with zero attached hydrogens (tertiary/aromatic N) is 2. The summed E-state index contributed by atoms with van der Waals surface area (Å²) in [6.07, 6.45) is 5.98. The van der Waals surface area contributed by atoms with Gasteiger partial charge in [-0.1, -0.05) is 12.1 Å². The highest BCUT2D eigenvalue weighted by Crippen LogP contribution is 2.25. The van der Waals surface area contributed by atoms with Crippen LogP contribution in [0.1, 0.15) is 18.5 Å². The van der Waals surface area contributed by atoms with Crippen LogP contribution in [0.25, 0.3) is 6.08 Å². The zero-order valence-corrected chi connectivity index (χ0v) is 19.2. The normalized spacial score (nSPS) is 16.3.